The van der Waals surface area contributed by atoms with Gasteiger partial charge in [0.25, 0.3) is 0 Å². The van der Waals surface area contributed by atoms with Gasteiger partial charge in [0.15, 0.2) is 5.16 Å². The van der Waals surface area contributed by atoms with Crippen molar-refractivity contribution in [3.8, 4) is 12.1 Å². The summed E-state index contributed by atoms with van der Waals surface area (Å²) in [6.07, 6.45) is 1.83. The molecule has 5 nitrogen and oxygen atoms in total. The van der Waals surface area contributed by atoms with Crippen molar-refractivity contribution >= 4 is 29.2 Å². The van der Waals surface area contributed by atoms with Crippen molar-refractivity contribution in [2.75, 3.05) is 24.2 Å². The highest BCUT2D eigenvalue weighted by atomic mass is 35.5. The maximum atomic E-state index is 8.64. The first-order valence-corrected chi connectivity index (χ1v) is 5.89. The molecule has 0 aromatic carbocycles. The Hall–Kier alpha value is -1.50. The molecule has 0 N–H and O–H groups in total. The molecule has 0 aliphatic carbocycles. The molecular formula is C9H8ClN5S. The number of rotatable bonds is 4. The topological polar surface area (TPSA) is 76.6 Å². The highest BCUT2D eigenvalue weighted by Crippen LogP contribution is 2.19. The fourth-order valence-electron chi connectivity index (χ4n) is 1.03. The maximum absolute atomic E-state index is 8.64. The lowest BCUT2D eigenvalue weighted by molar-refractivity contribution is 0.879. The van der Waals surface area contributed by atoms with Crippen LogP contribution in [0.3, 0.4) is 0 Å². The molecule has 0 atom stereocenters. The second kappa shape index (κ2) is 6.16. The predicted octanol–water partition coefficient (Wildman–Crippen LogP) is 1.71. The van der Waals surface area contributed by atoms with Gasteiger partial charge in [0, 0.05) is 6.07 Å². The number of aromatic nitrogens is 2. The summed E-state index contributed by atoms with van der Waals surface area (Å²) in [6, 6.07) is 5.48. The van der Waals surface area contributed by atoms with Crippen molar-refractivity contribution < 1.29 is 0 Å². The number of nitriles is 2. The van der Waals surface area contributed by atoms with Crippen LogP contribution in [0.1, 0.15) is 0 Å². The van der Waals surface area contributed by atoms with E-state index < -0.39 is 0 Å². The van der Waals surface area contributed by atoms with Crippen LogP contribution in [-0.4, -0.2) is 29.3 Å². The van der Waals surface area contributed by atoms with Gasteiger partial charge in [-0.1, -0.05) is 23.4 Å². The zero-order valence-electron chi connectivity index (χ0n) is 8.51. The predicted molar refractivity (Wildman–Crippen MR) is 62.3 cm³/mol. The summed E-state index contributed by atoms with van der Waals surface area (Å²) in [7, 11) is 0. The lowest BCUT2D eigenvalue weighted by atomic mass is 10.4. The molecule has 0 spiro atoms. The molecule has 0 amide bonds. The zero-order chi connectivity index (χ0) is 12.0. The first-order valence-electron chi connectivity index (χ1n) is 4.28. The van der Waals surface area contributed by atoms with Gasteiger partial charge in [-0.05, 0) is 6.26 Å². The van der Waals surface area contributed by atoms with E-state index in [2.05, 4.69) is 9.97 Å². The van der Waals surface area contributed by atoms with Gasteiger partial charge >= 0.3 is 0 Å². The van der Waals surface area contributed by atoms with Crippen LogP contribution in [0, 0.1) is 22.7 Å². The van der Waals surface area contributed by atoms with Crippen LogP contribution >= 0.6 is 23.4 Å². The van der Waals surface area contributed by atoms with Crippen LogP contribution in [-0.2, 0) is 0 Å². The summed E-state index contributed by atoms with van der Waals surface area (Å²) in [5.41, 5.74) is 0. The lowest BCUT2D eigenvalue weighted by Crippen LogP contribution is -2.25. The molecule has 1 rings (SSSR count). The highest BCUT2D eigenvalue weighted by molar-refractivity contribution is 7.98. The van der Waals surface area contributed by atoms with Gasteiger partial charge in [-0.3, -0.25) is 0 Å². The second-order valence-corrected chi connectivity index (χ2v) is 3.87. The number of thioether (sulfide) groups is 1. The highest BCUT2D eigenvalue weighted by Gasteiger charge is 2.10. The van der Waals surface area contributed by atoms with Gasteiger partial charge in [-0.25, -0.2) is 9.97 Å². The maximum Gasteiger partial charge on any atom is 0.190 e. The van der Waals surface area contributed by atoms with Crippen molar-refractivity contribution in [3.05, 3.63) is 11.2 Å². The van der Waals surface area contributed by atoms with E-state index >= 15 is 0 Å². The van der Waals surface area contributed by atoms with Gasteiger partial charge in [-0.2, -0.15) is 10.5 Å². The normalized spacial score (nSPS) is 9.25. The minimum atomic E-state index is 0.0920. The Balaban J connectivity index is 3.04. The number of nitrogens with zero attached hydrogens (tertiary/aromatic N) is 5. The molecule has 0 aliphatic rings. The monoisotopic (exact) mass is 253 g/mol. The van der Waals surface area contributed by atoms with E-state index in [0.29, 0.717) is 16.1 Å². The van der Waals surface area contributed by atoms with Gasteiger partial charge in [0.2, 0.25) is 0 Å². The molecule has 1 aromatic heterocycles. The molecule has 0 aliphatic heterocycles. The molecule has 7 heteroatoms. The van der Waals surface area contributed by atoms with Crippen molar-refractivity contribution in [3.63, 3.8) is 0 Å². The molecular weight excluding hydrogens is 246 g/mol. The van der Waals surface area contributed by atoms with Gasteiger partial charge in [0.1, 0.15) is 24.1 Å². The fourth-order valence-corrected chi connectivity index (χ4v) is 1.63. The summed E-state index contributed by atoms with van der Waals surface area (Å²) in [5.74, 6) is 0.493. The van der Waals surface area contributed by atoms with Crippen molar-refractivity contribution in [1.29, 1.82) is 10.5 Å². The Morgan fingerprint density at radius 3 is 2.50 bits per heavy atom. The molecule has 0 radical (unpaired) electrons. The Labute approximate surface area is 103 Å². The van der Waals surface area contributed by atoms with Crippen molar-refractivity contribution in [1.82, 2.24) is 9.97 Å². The number of anilines is 1. The first kappa shape index (κ1) is 12.6. The van der Waals surface area contributed by atoms with E-state index in [9.17, 15) is 0 Å². The van der Waals surface area contributed by atoms with Gasteiger partial charge < -0.3 is 4.90 Å². The summed E-state index contributed by atoms with van der Waals surface area (Å²) in [4.78, 5) is 9.70. The van der Waals surface area contributed by atoms with Crippen molar-refractivity contribution in [2.45, 2.75) is 5.16 Å². The van der Waals surface area contributed by atoms with Crippen LogP contribution in [0.25, 0.3) is 0 Å². The summed E-state index contributed by atoms with van der Waals surface area (Å²) < 4.78 is 0. The summed E-state index contributed by atoms with van der Waals surface area (Å²) >= 11 is 7.17. The Bertz CT molecular complexity index is 434. The third-order valence-corrected chi connectivity index (χ3v) is 2.43. The molecule has 0 saturated carbocycles. The van der Waals surface area contributed by atoms with Crippen LogP contribution in [0.2, 0.25) is 5.15 Å². The van der Waals surface area contributed by atoms with E-state index in [1.54, 1.807) is 0 Å². The Morgan fingerprint density at radius 1 is 1.38 bits per heavy atom. The standard InChI is InChI=1S/C9H8ClN5S/c1-16-9-13-7(10)6-8(14-9)15(4-2-11)5-3-12/h6H,4-5H2,1H3. The second-order valence-electron chi connectivity index (χ2n) is 2.71. The SMILES string of the molecule is CSc1nc(Cl)cc(N(CC#N)CC#N)n1. The molecule has 1 aromatic rings. The van der Waals surface area contributed by atoms with E-state index in [1.165, 1.54) is 22.7 Å². The number of hydrogen-bond acceptors (Lipinski definition) is 6. The van der Waals surface area contributed by atoms with E-state index in [1.807, 2.05) is 18.4 Å². The molecule has 0 fully saturated rings. The average molecular weight is 254 g/mol. The van der Waals surface area contributed by atoms with Crippen LogP contribution < -0.4 is 4.90 Å². The smallest absolute Gasteiger partial charge is 0.190 e. The number of halogens is 1. The fraction of sp³-hybridized carbons (Fsp3) is 0.333. The Morgan fingerprint density at radius 2 is 2.00 bits per heavy atom. The third-order valence-electron chi connectivity index (χ3n) is 1.69. The van der Waals surface area contributed by atoms with Crippen LogP contribution in [0.4, 0.5) is 5.82 Å². The molecule has 0 bridgehead atoms. The lowest BCUT2D eigenvalue weighted by Gasteiger charge is -2.16. The molecule has 1 heterocycles. The molecule has 0 unspecified atom stereocenters. The van der Waals surface area contributed by atoms with E-state index in [4.69, 9.17) is 22.1 Å². The molecule has 0 saturated heterocycles. The summed E-state index contributed by atoms with van der Waals surface area (Å²) in [5, 5.41) is 18.1. The Kier molecular flexibility index (Phi) is 4.84. The quantitative estimate of drug-likeness (QED) is 0.352. The molecule has 16 heavy (non-hydrogen) atoms. The summed E-state index contributed by atoms with van der Waals surface area (Å²) in [6.45, 7) is 0.184. The first-order chi connectivity index (χ1) is 7.71. The van der Waals surface area contributed by atoms with Crippen LogP contribution in [0.5, 0.6) is 0 Å². The minimum Gasteiger partial charge on any atom is -0.330 e. The van der Waals surface area contributed by atoms with Gasteiger partial charge in [-0.15, -0.1) is 0 Å². The minimum absolute atomic E-state index is 0.0920. The van der Waals surface area contributed by atoms with E-state index in [-0.39, 0.29) is 13.1 Å². The third kappa shape index (κ3) is 3.27. The largest absolute Gasteiger partial charge is 0.330 e. The number of hydrogen-bond donors (Lipinski definition) is 0. The van der Waals surface area contributed by atoms with E-state index in [0.717, 1.165) is 0 Å². The van der Waals surface area contributed by atoms with Crippen molar-refractivity contribution in [2.24, 2.45) is 0 Å². The van der Waals surface area contributed by atoms with Gasteiger partial charge in [0.05, 0.1) is 12.1 Å². The average Bonchev–Trinajstić information content (AvgIpc) is 2.28. The zero-order valence-corrected chi connectivity index (χ0v) is 10.1. The molecule has 82 valence electrons. The van der Waals surface area contributed by atoms with Crippen LogP contribution in [0.15, 0.2) is 11.2 Å².